The van der Waals surface area contributed by atoms with Crippen molar-refractivity contribution in [3.63, 3.8) is 0 Å². The fourth-order valence-corrected chi connectivity index (χ4v) is 4.10. The highest BCUT2D eigenvalue weighted by Gasteiger charge is 2.26. The van der Waals surface area contributed by atoms with Crippen LogP contribution >= 0.6 is 11.3 Å². The van der Waals surface area contributed by atoms with Crippen LogP contribution in [0.15, 0.2) is 0 Å². The van der Waals surface area contributed by atoms with Crippen LogP contribution in [0.3, 0.4) is 0 Å². The first-order chi connectivity index (χ1) is 11.0. The van der Waals surface area contributed by atoms with Crippen molar-refractivity contribution in [3.05, 3.63) is 16.3 Å². The summed E-state index contributed by atoms with van der Waals surface area (Å²) in [5, 5.41) is 10.9. The molecular formula is C16H21N3O3S. The fourth-order valence-electron chi connectivity index (χ4n) is 2.99. The van der Waals surface area contributed by atoms with Gasteiger partial charge >= 0.3 is 5.97 Å². The van der Waals surface area contributed by atoms with E-state index >= 15 is 0 Å². The Bertz CT molecular complexity index is 744. The SMILES string of the molecule is CCOC(=O)c1sc2nc(C)nc(N3CCC[C@H](O)C3)c2c1C. The lowest BCUT2D eigenvalue weighted by Crippen LogP contribution is -2.39. The van der Waals surface area contributed by atoms with Gasteiger partial charge in [-0.2, -0.15) is 0 Å². The largest absolute Gasteiger partial charge is 0.462 e. The number of esters is 1. The first kappa shape index (κ1) is 16.1. The molecule has 0 bridgehead atoms. The number of rotatable bonds is 3. The smallest absolute Gasteiger partial charge is 0.348 e. The number of aryl methyl sites for hydroxylation is 2. The van der Waals surface area contributed by atoms with Gasteiger partial charge in [0.25, 0.3) is 0 Å². The van der Waals surface area contributed by atoms with E-state index in [1.807, 2.05) is 13.8 Å². The number of ether oxygens (including phenoxy) is 1. The molecule has 0 spiro atoms. The Morgan fingerprint density at radius 2 is 2.22 bits per heavy atom. The summed E-state index contributed by atoms with van der Waals surface area (Å²) in [5.74, 6) is 1.18. The van der Waals surface area contributed by atoms with E-state index in [2.05, 4.69) is 14.9 Å². The van der Waals surface area contributed by atoms with Gasteiger partial charge in [-0.15, -0.1) is 11.3 Å². The Kier molecular flexibility index (Phi) is 4.50. The van der Waals surface area contributed by atoms with E-state index in [0.29, 0.717) is 23.9 Å². The molecule has 1 saturated heterocycles. The molecule has 0 aromatic carbocycles. The molecule has 2 aromatic heterocycles. The summed E-state index contributed by atoms with van der Waals surface area (Å²) in [7, 11) is 0. The normalized spacial score (nSPS) is 18.4. The van der Waals surface area contributed by atoms with E-state index in [1.54, 1.807) is 6.92 Å². The molecule has 7 heteroatoms. The molecule has 124 valence electrons. The van der Waals surface area contributed by atoms with Crippen LogP contribution in [0.25, 0.3) is 10.2 Å². The summed E-state index contributed by atoms with van der Waals surface area (Å²) < 4.78 is 5.14. The van der Waals surface area contributed by atoms with Crippen LogP contribution in [0.2, 0.25) is 0 Å². The molecule has 23 heavy (non-hydrogen) atoms. The number of aliphatic hydroxyl groups is 1. The van der Waals surface area contributed by atoms with E-state index in [9.17, 15) is 9.90 Å². The summed E-state index contributed by atoms with van der Waals surface area (Å²) in [6.45, 7) is 7.33. The zero-order valence-electron chi connectivity index (χ0n) is 13.6. The Labute approximate surface area is 139 Å². The van der Waals surface area contributed by atoms with Gasteiger partial charge in [0.1, 0.15) is 21.3 Å². The summed E-state index contributed by atoms with van der Waals surface area (Å²) in [5.41, 5.74) is 0.860. The minimum absolute atomic E-state index is 0.310. The molecule has 0 saturated carbocycles. The number of anilines is 1. The molecule has 1 fully saturated rings. The number of aliphatic hydroxyl groups excluding tert-OH is 1. The van der Waals surface area contributed by atoms with Crippen LogP contribution in [0.4, 0.5) is 5.82 Å². The molecule has 1 atom stereocenters. The third-order valence-corrected chi connectivity index (χ3v) is 5.21. The number of piperidine rings is 1. The number of aromatic nitrogens is 2. The van der Waals surface area contributed by atoms with Crippen LogP contribution in [0.1, 0.15) is 40.8 Å². The summed E-state index contributed by atoms with van der Waals surface area (Å²) in [6.07, 6.45) is 1.41. The topological polar surface area (TPSA) is 75.5 Å². The first-order valence-corrected chi connectivity index (χ1v) is 8.70. The minimum atomic E-state index is -0.336. The standard InChI is InChI=1S/C16H21N3O3S/c1-4-22-16(21)13-9(2)12-14(17-10(3)18-15(12)23-13)19-7-5-6-11(20)8-19/h11,20H,4-8H2,1-3H3/t11-/m0/s1. The van der Waals surface area contributed by atoms with E-state index in [-0.39, 0.29) is 12.1 Å². The fraction of sp³-hybridized carbons (Fsp3) is 0.562. The lowest BCUT2D eigenvalue weighted by atomic mass is 10.1. The highest BCUT2D eigenvalue weighted by molar-refractivity contribution is 7.20. The monoisotopic (exact) mass is 335 g/mol. The number of hydrogen-bond donors (Lipinski definition) is 1. The van der Waals surface area contributed by atoms with Crippen molar-refractivity contribution in [1.29, 1.82) is 0 Å². The van der Waals surface area contributed by atoms with Crippen molar-refractivity contribution < 1.29 is 14.6 Å². The van der Waals surface area contributed by atoms with Crippen LogP contribution < -0.4 is 4.90 Å². The Morgan fingerprint density at radius 3 is 2.91 bits per heavy atom. The van der Waals surface area contributed by atoms with E-state index in [4.69, 9.17) is 4.74 Å². The van der Waals surface area contributed by atoms with Crippen molar-refractivity contribution >= 4 is 33.3 Å². The summed E-state index contributed by atoms with van der Waals surface area (Å²) in [6, 6.07) is 0. The van der Waals surface area contributed by atoms with Crippen molar-refractivity contribution in [2.45, 2.75) is 39.7 Å². The number of hydrogen-bond acceptors (Lipinski definition) is 7. The predicted octanol–water partition coefficient (Wildman–Crippen LogP) is 2.45. The molecule has 2 aromatic rings. The van der Waals surface area contributed by atoms with Gasteiger partial charge in [-0.1, -0.05) is 0 Å². The zero-order chi connectivity index (χ0) is 16.6. The van der Waals surface area contributed by atoms with Gasteiger partial charge in [0.05, 0.1) is 18.1 Å². The number of carbonyl (C=O) groups is 1. The number of β-amino-alcohol motifs (C(OH)–C–C–N with tert-alkyl or cyclic N) is 1. The summed E-state index contributed by atoms with van der Waals surface area (Å²) in [4.78, 5) is 24.7. The molecule has 1 N–H and O–H groups in total. The first-order valence-electron chi connectivity index (χ1n) is 7.89. The van der Waals surface area contributed by atoms with Gasteiger partial charge < -0.3 is 14.7 Å². The third kappa shape index (κ3) is 3.03. The second-order valence-corrected chi connectivity index (χ2v) is 6.79. The Hall–Kier alpha value is -1.73. The Morgan fingerprint density at radius 1 is 1.43 bits per heavy atom. The van der Waals surface area contributed by atoms with Crippen molar-refractivity contribution in [1.82, 2.24) is 9.97 Å². The molecule has 6 nitrogen and oxygen atoms in total. The van der Waals surface area contributed by atoms with Crippen molar-refractivity contribution in [3.8, 4) is 0 Å². The molecule has 1 aliphatic heterocycles. The van der Waals surface area contributed by atoms with Gasteiger partial charge in [-0.3, -0.25) is 0 Å². The lowest BCUT2D eigenvalue weighted by Gasteiger charge is -2.31. The van der Waals surface area contributed by atoms with Crippen LogP contribution in [0.5, 0.6) is 0 Å². The number of carbonyl (C=O) groups excluding carboxylic acids is 1. The number of thiophene rings is 1. The molecule has 0 radical (unpaired) electrons. The maximum absolute atomic E-state index is 12.1. The zero-order valence-corrected chi connectivity index (χ0v) is 14.4. The molecule has 0 aliphatic carbocycles. The Balaban J connectivity index is 2.12. The maximum atomic E-state index is 12.1. The van der Waals surface area contributed by atoms with Crippen LogP contribution in [0, 0.1) is 13.8 Å². The second kappa shape index (κ2) is 6.41. The molecule has 3 heterocycles. The van der Waals surface area contributed by atoms with Gasteiger partial charge in [0, 0.05) is 13.1 Å². The quantitative estimate of drug-likeness (QED) is 0.868. The molecule has 1 aliphatic rings. The van der Waals surface area contributed by atoms with Gasteiger partial charge in [0.15, 0.2) is 0 Å². The lowest BCUT2D eigenvalue weighted by molar-refractivity contribution is 0.0531. The highest BCUT2D eigenvalue weighted by Crippen LogP contribution is 2.36. The van der Waals surface area contributed by atoms with Crippen LogP contribution in [-0.4, -0.2) is 46.8 Å². The number of fused-ring (bicyclic) bond motifs is 1. The molecule has 0 unspecified atom stereocenters. The molecule has 0 amide bonds. The minimum Gasteiger partial charge on any atom is -0.462 e. The predicted molar refractivity (Wildman–Crippen MR) is 90.3 cm³/mol. The van der Waals surface area contributed by atoms with Gasteiger partial charge in [0.2, 0.25) is 0 Å². The maximum Gasteiger partial charge on any atom is 0.348 e. The average molecular weight is 335 g/mol. The van der Waals surface area contributed by atoms with Gasteiger partial charge in [-0.05, 0) is 39.2 Å². The highest BCUT2D eigenvalue weighted by atomic mass is 32.1. The number of nitrogens with zero attached hydrogens (tertiary/aromatic N) is 3. The second-order valence-electron chi connectivity index (χ2n) is 5.79. The van der Waals surface area contributed by atoms with Gasteiger partial charge in [-0.25, -0.2) is 14.8 Å². The van der Waals surface area contributed by atoms with Crippen molar-refractivity contribution in [2.75, 3.05) is 24.6 Å². The van der Waals surface area contributed by atoms with Crippen LogP contribution in [-0.2, 0) is 4.74 Å². The van der Waals surface area contributed by atoms with E-state index in [1.165, 1.54) is 11.3 Å². The molecule has 3 rings (SSSR count). The van der Waals surface area contributed by atoms with Crippen molar-refractivity contribution in [2.24, 2.45) is 0 Å². The van der Waals surface area contributed by atoms with E-state index in [0.717, 1.165) is 41.0 Å². The average Bonchev–Trinajstić information content (AvgIpc) is 2.83. The molecular weight excluding hydrogens is 314 g/mol. The third-order valence-electron chi connectivity index (χ3n) is 4.04. The van der Waals surface area contributed by atoms with E-state index < -0.39 is 0 Å². The summed E-state index contributed by atoms with van der Waals surface area (Å²) >= 11 is 1.35.